The van der Waals surface area contributed by atoms with E-state index < -0.39 is 0 Å². The van der Waals surface area contributed by atoms with Crippen LogP contribution in [-0.2, 0) is 0 Å². The summed E-state index contributed by atoms with van der Waals surface area (Å²) in [5.41, 5.74) is 0. The van der Waals surface area contributed by atoms with E-state index in [4.69, 9.17) is 0 Å². The Morgan fingerprint density at radius 3 is 2.33 bits per heavy atom. The van der Waals surface area contributed by atoms with Gasteiger partial charge in [-0.25, -0.2) is 0 Å². The van der Waals surface area contributed by atoms with Crippen LogP contribution in [0.15, 0.2) is 0 Å². The summed E-state index contributed by atoms with van der Waals surface area (Å²) in [6.07, 6.45) is 2.77. The molecule has 0 aromatic heterocycles. The molecule has 1 fully saturated rings. The molecule has 0 bridgehead atoms. The summed E-state index contributed by atoms with van der Waals surface area (Å²) < 4.78 is 0. The van der Waals surface area contributed by atoms with E-state index in [9.17, 15) is 0 Å². The van der Waals surface area contributed by atoms with Gasteiger partial charge in [-0.2, -0.15) is 0 Å². The number of hydrogen-bond donors (Lipinski definition) is 2. The Kier molecular flexibility index (Phi) is 4.02. The highest BCUT2D eigenvalue weighted by Gasteiger charge is 2.22. The van der Waals surface area contributed by atoms with Crippen LogP contribution in [0, 0.1) is 5.92 Å². The van der Waals surface area contributed by atoms with Crippen molar-refractivity contribution < 1.29 is 0 Å². The maximum atomic E-state index is 3.57. The van der Waals surface area contributed by atoms with Crippen LogP contribution in [-0.4, -0.2) is 25.2 Å². The molecule has 12 heavy (non-hydrogen) atoms. The van der Waals surface area contributed by atoms with Crippen LogP contribution in [0.4, 0.5) is 0 Å². The monoisotopic (exact) mass is 170 g/mol. The van der Waals surface area contributed by atoms with Crippen LogP contribution in [0.1, 0.15) is 33.6 Å². The molecule has 72 valence electrons. The lowest BCUT2D eigenvalue weighted by Gasteiger charge is -2.14. The van der Waals surface area contributed by atoms with Crippen molar-refractivity contribution in [2.24, 2.45) is 5.92 Å². The average molecular weight is 170 g/mol. The first-order valence-electron chi connectivity index (χ1n) is 5.15. The smallest absolute Gasteiger partial charge is 0.0166 e. The minimum absolute atomic E-state index is 0.635. The molecule has 1 aliphatic rings. The summed E-state index contributed by atoms with van der Waals surface area (Å²) in [5, 5.41) is 7.02. The Balaban J connectivity index is 1.90. The molecular formula is C10H22N2. The molecule has 2 N–H and O–H groups in total. The summed E-state index contributed by atoms with van der Waals surface area (Å²) in [4.78, 5) is 0. The maximum absolute atomic E-state index is 3.57. The SMILES string of the molecule is CC(C)CNCC(C)NC1CC1. The molecule has 1 unspecified atom stereocenters. The van der Waals surface area contributed by atoms with Gasteiger partial charge in [-0.15, -0.1) is 0 Å². The molecule has 1 atom stereocenters. The maximum Gasteiger partial charge on any atom is 0.0166 e. The molecule has 0 heterocycles. The van der Waals surface area contributed by atoms with Gasteiger partial charge in [0, 0.05) is 18.6 Å². The zero-order valence-electron chi connectivity index (χ0n) is 8.56. The fourth-order valence-corrected chi connectivity index (χ4v) is 1.30. The van der Waals surface area contributed by atoms with Gasteiger partial charge in [0.15, 0.2) is 0 Å². The second kappa shape index (κ2) is 4.83. The Labute approximate surface area is 76.1 Å². The van der Waals surface area contributed by atoms with Gasteiger partial charge in [-0.1, -0.05) is 13.8 Å². The van der Waals surface area contributed by atoms with Crippen LogP contribution in [0.2, 0.25) is 0 Å². The van der Waals surface area contributed by atoms with E-state index in [0.717, 1.165) is 25.0 Å². The van der Waals surface area contributed by atoms with Crippen molar-refractivity contribution in [3.8, 4) is 0 Å². The molecule has 0 saturated heterocycles. The molecule has 0 aromatic rings. The van der Waals surface area contributed by atoms with Gasteiger partial charge in [0.25, 0.3) is 0 Å². The second-order valence-corrected chi connectivity index (χ2v) is 4.39. The zero-order valence-corrected chi connectivity index (χ0v) is 8.56. The Morgan fingerprint density at radius 1 is 1.17 bits per heavy atom. The number of nitrogens with one attached hydrogen (secondary N) is 2. The topological polar surface area (TPSA) is 24.1 Å². The van der Waals surface area contributed by atoms with Crippen LogP contribution in [0.3, 0.4) is 0 Å². The second-order valence-electron chi connectivity index (χ2n) is 4.39. The van der Waals surface area contributed by atoms with E-state index in [0.29, 0.717) is 6.04 Å². The molecule has 2 heteroatoms. The lowest BCUT2D eigenvalue weighted by atomic mass is 10.2. The van der Waals surface area contributed by atoms with Crippen molar-refractivity contribution in [1.29, 1.82) is 0 Å². The third-order valence-corrected chi connectivity index (χ3v) is 2.10. The fraction of sp³-hybridized carbons (Fsp3) is 1.00. The quantitative estimate of drug-likeness (QED) is 0.629. The molecule has 0 aromatic carbocycles. The van der Waals surface area contributed by atoms with Crippen LogP contribution in [0.25, 0.3) is 0 Å². The van der Waals surface area contributed by atoms with E-state index >= 15 is 0 Å². The minimum Gasteiger partial charge on any atom is -0.315 e. The van der Waals surface area contributed by atoms with E-state index in [1.54, 1.807) is 0 Å². The molecule has 0 amide bonds. The molecule has 1 saturated carbocycles. The normalized spacial score (nSPS) is 20.0. The molecule has 1 rings (SSSR count). The van der Waals surface area contributed by atoms with E-state index in [1.165, 1.54) is 12.8 Å². The predicted molar refractivity (Wildman–Crippen MR) is 53.3 cm³/mol. The summed E-state index contributed by atoms with van der Waals surface area (Å²) >= 11 is 0. The van der Waals surface area contributed by atoms with Crippen LogP contribution < -0.4 is 10.6 Å². The van der Waals surface area contributed by atoms with Gasteiger partial charge < -0.3 is 10.6 Å². The summed E-state index contributed by atoms with van der Waals surface area (Å²) in [6, 6.07) is 1.47. The van der Waals surface area contributed by atoms with Crippen molar-refractivity contribution >= 4 is 0 Å². The van der Waals surface area contributed by atoms with Crippen molar-refractivity contribution in [3.63, 3.8) is 0 Å². The van der Waals surface area contributed by atoms with Gasteiger partial charge in [0.2, 0.25) is 0 Å². The van der Waals surface area contributed by atoms with Gasteiger partial charge in [0.1, 0.15) is 0 Å². The minimum atomic E-state index is 0.635. The number of rotatable bonds is 6. The van der Waals surface area contributed by atoms with Crippen LogP contribution in [0.5, 0.6) is 0 Å². The van der Waals surface area contributed by atoms with Gasteiger partial charge in [-0.05, 0) is 32.2 Å². The summed E-state index contributed by atoms with van der Waals surface area (Å²) in [7, 11) is 0. The lowest BCUT2D eigenvalue weighted by molar-refractivity contribution is 0.471. The van der Waals surface area contributed by atoms with E-state index in [2.05, 4.69) is 31.4 Å². The van der Waals surface area contributed by atoms with Crippen molar-refractivity contribution in [1.82, 2.24) is 10.6 Å². The van der Waals surface area contributed by atoms with Crippen molar-refractivity contribution in [3.05, 3.63) is 0 Å². The highest BCUT2D eigenvalue weighted by molar-refractivity contribution is 4.83. The first-order chi connectivity index (χ1) is 5.68. The highest BCUT2D eigenvalue weighted by Crippen LogP contribution is 2.18. The summed E-state index contributed by atoms with van der Waals surface area (Å²) in [6.45, 7) is 8.98. The third kappa shape index (κ3) is 4.73. The Morgan fingerprint density at radius 2 is 1.83 bits per heavy atom. The molecule has 0 spiro atoms. The number of hydrogen-bond acceptors (Lipinski definition) is 2. The van der Waals surface area contributed by atoms with Gasteiger partial charge in [-0.3, -0.25) is 0 Å². The molecule has 1 aliphatic carbocycles. The molecular weight excluding hydrogens is 148 g/mol. The standard InChI is InChI=1S/C10H22N2/c1-8(2)6-11-7-9(3)12-10-4-5-10/h8-12H,4-7H2,1-3H3. The van der Waals surface area contributed by atoms with Crippen LogP contribution >= 0.6 is 0 Å². The first-order valence-corrected chi connectivity index (χ1v) is 5.15. The third-order valence-electron chi connectivity index (χ3n) is 2.10. The van der Waals surface area contributed by atoms with Crippen molar-refractivity contribution in [2.45, 2.75) is 45.7 Å². The average Bonchev–Trinajstić information content (AvgIpc) is 2.70. The molecule has 0 aliphatic heterocycles. The Hall–Kier alpha value is -0.0800. The first kappa shape index (κ1) is 10.0. The fourth-order valence-electron chi connectivity index (χ4n) is 1.30. The Bertz CT molecular complexity index is 119. The highest BCUT2D eigenvalue weighted by atomic mass is 15.0. The van der Waals surface area contributed by atoms with Gasteiger partial charge in [0.05, 0.1) is 0 Å². The summed E-state index contributed by atoms with van der Waals surface area (Å²) in [5.74, 6) is 0.762. The molecule has 0 radical (unpaired) electrons. The van der Waals surface area contributed by atoms with Gasteiger partial charge >= 0.3 is 0 Å². The van der Waals surface area contributed by atoms with Crippen molar-refractivity contribution in [2.75, 3.05) is 13.1 Å². The van der Waals surface area contributed by atoms with E-state index in [1.807, 2.05) is 0 Å². The zero-order chi connectivity index (χ0) is 8.97. The molecule has 2 nitrogen and oxygen atoms in total. The lowest BCUT2D eigenvalue weighted by Crippen LogP contribution is -2.38. The van der Waals surface area contributed by atoms with E-state index in [-0.39, 0.29) is 0 Å². The predicted octanol–water partition coefficient (Wildman–Crippen LogP) is 1.37. The largest absolute Gasteiger partial charge is 0.315 e.